The van der Waals surface area contributed by atoms with Crippen molar-refractivity contribution in [1.82, 2.24) is 14.7 Å². The highest BCUT2D eigenvalue weighted by Crippen LogP contribution is 2.33. The summed E-state index contributed by atoms with van der Waals surface area (Å²) in [5.41, 5.74) is 4.57. The van der Waals surface area contributed by atoms with Crippen molar-refractivity contribution in [3.63, 3.8) is 0 Å². The highest BCUT2D eigenvalue weighted by atomic mass is 16.5. The van der Waals surface area contributed by atoms with Gasteiger partial charge in [-0.1, -0.05) is 30.3 Å². The van der Waals surface area contributed by atoms with Gasteiger partial charge in [0.25, 0.3) is 0 Å². The Labute approximate surface area is 154 Å². The number of fused-ring (bicyclic) bond motifs is 1. The first-order valence-electron chi connectivity index (χ1n) is 9.57. The van der Waals surface area contributed by atoms with Gasteiger partial charge >= 0.3 is 0 Å². The summed E-state index contributed by atoms with van der Waals surface area (Å²) < 4.78 is 7.55. The Balaban J connectivity index is 1.54. The first kappa shape index (κ1) is 17.3. The molecule has 5 nitrogen and oxygen atoms in total. The molecule has 1 aromatic heterocycles. The number of nitrogens with zero attached hydrogens (tertiary/aromatic N) is 3. The van der Waals surface area contributed by atoms with E-state index in [1.807, 2.05) is 42.2 Å². The number of carbonyl (C=O) groups excluding carboxylic acids is 1. The molecule has 1 aromatic carbocycles. The number of carbonyl (C=O) groups is 1. The topological polar surface area (TPSA) is 47.4 Å². The van der Waals surface area contributed by atoms with Crippen molar-refractivity contribution < 1.29 is 9.53 Å². The molecule has 5 heteroatoms. The maximum atomic E-state index is 13.0. The summed E-state index contributed by atoms with van der Waals surface area (Å²) in [6.07, 6.45) is 3.51. The van der Waals surface area contributed by atoms with Gasteiger partial charge in [-0.05, 0) is 31.2 Å². The van der Waals surface area contributed by atoms with Crippen molar-refractivity contribution in [1.29, 1.82) is 0 Å². The number of aromatic nitrogens is 2. The van der Waals surface area contributed by atoms with E-state index in [0.717, 1.165) is 36.7 Å². The summed E-state index contributed by atoms with van der Waals surface area (Å²) in [6.45, 7) is 4.94. The Morgan fingerprint density at radius 3 is 2.77 bits per heavy atom. The average Bonchev–Trinajstić information content (AvgIpc) is 3.44. The van der Waals surface area contributed by atoms with E-state index in [0.29, 0.717) is 13.2 Å². The van der Waals surface area contributed by atoms with Crippen LogP contribution in [0.4, 0.5) is 0 Å². The number of hydrogen-bond acceptors (Lipinski definition) is 3. The predicted molar refractivity (Wildman–Crippen MR) is 99.6 cm³/mol. The van der Waals surface area contributed by atoms with E-state index in [1.54, 1.807) is 7.11 Å². The zero-order valence-corrected chi connectivity index (χ0v) is 15.6. The molecule has 2 aromatic rings. The third-order valence-corrected chi connectivity index (χ3v) is 5.61. The van der Waals surface area contributed by atoms with Crippen LogP contribution in [0, 0.1) is 5.92 Å². The van der Waals surface area contributed by atoms with Crippen LogP contribution in [-0.4, -0.2) is 34.2 Å². The van der Waals surface area contributed by atoms with Gasteiger partial charge in [-0.2, -0.15) is 5.10 Å². The normalized spacial score (nSPS) is 17.8. The molecule has 0 unspecified atom stereocenters. The fourth-order valence-electron chi connectivity index (χ4n) is 3.86. The Morgan fingerprint density at radius 1 is 1.31 bits per heavy atom. The van der Waals surface area contributed by atoms with E-state index in [4.69, 9.17) is 9.84 Å². The minimum Gasteiger partial charge on any atom is -0.378 e. The molecule has 2 heterocycles. The third kappa shape index (κ3) is 3.40. The lowest BCUT2D eigenvalue weighted by Crippen LogP contribution is -2.39. The van der Waals surface area contributed by atoms with Crippen molar-refractivity contribution in [2.45, 2.75) is 51.8 Å². The first-order chi connectivity index (χ1) is 12.7. The zero-order valence-electron chi connectivity index (χ0n) is 15.6. The van der Waals surface area contributed by atoms with Gasteiger partial charge in [0.05, 0.1) is 18.2 Å². The molecule has 1 aliphatic carbocycles. The molecular formula is C21H27N3O2. The van der Waals surface area contributed by atoms with E-state index in [2.05, 4.69) is 4.68 Å². The van der Waals surface area contributed by atoms with Gasteiger partial charge in [0.2, 0.25) is 5.91 Å². The van der Waals surface area contributed by atoms with Gasteiger partial charge in [-0.3, -0.25) is 9.48 Å². The lowest BCUT2D eigenvalue weighted by molar-refractivity contribution is -0.133. The Bertz CT molecular complexity index is 780. The lowest BCUT2D eigenvalue weighted by Gasteiger charge is -2.30. The molecule has 0 radical (unpaired) electrons. The summed E-state index contributed by atoms with van der Waals surface area (Å²) in [4.78, 5) is 15.0. The van der Waals surface area contributed by atoms with Crippen molar-refractivity contribution in [2.24, 2.45) is 5.92 Å². The quantitative estimate of drug-likeness (QED) is 0.802. The van der Waals surface area contributed by atoms with E-state index in [1.165, 1.54) is 24.1 Å². The molecule has 0 saturated heterocycles. The monoisotopic (exact) mass is 353 g/mol. The number of rotatable bonds is 6. The third-order valence-electron chi connectivity index (χ3n) is 5.61. The summed E-state index contributed by atoms with van der Waals surface area (Å²) in [7, 11) is 1.70. The van der Waals surface area contributed by atoms with E-state index < -0.39 is 0 Å². The van der Waals surface area contributed by atoms with E-state index >= 15 is 0 Å². The fraction of sp³-hybridized carbons (Fsp3) is 0.524. The van der Waals surface area contributed by atoms with Crippen LogP contribution in [0.1, 0.15) is 48.2 Å². The second-order valence-electron chi connectivity index (χ2n) is 7.57. The van der Waals surface area contributed by atoms with Gasteiger partial charge in [0.1, 0.15) is 0 Å². The fourth-order valence-corrected chi connectivity index (χ4v) is 3.86. The summed E-state index contributed by atoms with van der Waals surface area (Å²) in [6, 6.07) is 10.0. The van der Waals surface area contributed by atoms with Crippen molar-refractivity contribution >= 4 is 5.91 Å². The molecule has 0 N–H and O–H groups in total. The van der Waals surface area contributed by atoms with Crippen LogP contribution < -0.4 is 0 Å². The van der Waals surface area contributed by atoms with Crippen LogP contribution in [0.2, 0.25) is 0 Å². The molecular weight excluding hydrogens is 326 g/mol. The molecule has 1 atom stereocenters. The van der Waals surface area contributed by atoms with Crippen molar-refractivity contribution in [2.75, 3.05) is 13.7 Å². The number of hydrogen-bond donors (Lipinski definition) is 0. The summed E-state index contributed by atoms with van der Waals surface area (Å²) in [5.74, 6) is 0.859. The number of methoxy groups -OCH3 is 1. The Morgan fingerprint density at radius 2 is 2.08 bits per heavy atom. The van der Waals surface area contributed by atoms with Crippen LogP contribution in [0.3, 0.4) is 0 Å². The molecule has 1 aliphatic heterocycles. The maximum Gasteiger partial charge on any atom is 0.230 e. The van der Waals surface area contributed by atoms with Crippen LogP contribution >= 0.6 is 0 Å². The second-order valence-corrected chi connectivity index (χ2v) is 7.57. The lowest BCUT2D eigenvalue weighted by atomic mass is 9.97. The SMILES string of the molecule is COCc1nn(CC2CC2)c2c1CN(C(=O)[C@H](C)c1ccccc1)CC2. The Hall–Kier alpha value is -2.14. The van der Waals surface area contributed by atoms with Crippen LogP contribution in [0.15, 0.2) is 30.3 Å². The van der Waals surface area contributed by atoms with E-state index in [9.17, 15) is 4.79 Å². The zero-order chi connectivity index (χ0) is 18.1. The van der Waals surface area contributed by atoms with Gasteiger partial charge in [-0.15, -0.1) is 0 Å². The van der Waals surface area contributed by atoms with Crippen molar-refractivity contribution in [3.05, 3.63) is 52.8 Å². The minimum atomic E-state index is -0.120. The predicted octanol–water partition coefficient (Wildman–Crippen LogP) is 3.13. The van der Waals surface area contributed by atoms with Crippen LogP contribution in [0.5, 0.6) is 0 Å². The highest BCUT2D eigenvalue weighted by Gasteiger charge is 2.31. The second kappa shape index (κ2) is 7.23. The maximum absolute atomic E-state index is 13.0. The number of ether oxygens (including phenoxy) is 1. The molecule has 1 fully saturated rings. The van der Waals surface area contributed by atoms with Crippen LogP contribution in [0.25, 0.3) is 0 Å². The summed E-state index contributed by atoms with van der Waals surface area (Å²) in [5, 5.41) is 4.81. The first-order valence-corrected chi connectivity index (χ1v) is 9.57. The molecule has 0 spiro atoms. The minimum absolute atomic E-state index is 0.120. The molecule has 1 saturated carbocycles. The van der Waals surface area contributed by atoms with E-state index in [-0.39, 0.29) is 11.8 Å². The van der Waals surface area contributed by atoms with Gasteiger partial charge < -0.3 is 9.64 Å². The van der Waals surface area contributed by atoms with Gasteiger partial charge in [-0.25, -0.2) is 0 Å². The smallest absolute Gasteiger partial charge is 0.230 e. The Kier molecular flexibility index (Phi) is 4.81. The highest BCUT2D eigenvalue weighted by molar-refractivity contribution is 5.83. The summed E-state index contributed by atoms with van der Waals surface area (Å²) >= 11 is 0. The molecule has 1 amide bonds. The number of amides is 1. The molecule has 0 bridgehead atoms. The number of benzene rings is 1. The molecule has 2 aliphatic rings. The molecule has 138 valence electrons. The standard InChI is InChI=1S/C21H27N3O2/c1-15(17-6-4-3-5-7-17)21(25)23-11-10-20-18(13-23)19(14-26-2)22-24(20)12-16-8-9-16/h3-7,15-16H,8-14H2,1-2H3/t15-/m1/s1. The van der Waals surface area contributed by atoms with Gasteiger partial charge in [0.15, 0.2) is 0 Å². The largest absolute Gasteiger partial charge is 0.378 e. The van der Waals surface area contributed by atoms with Crippen molar-refractivity contribution in [3.8, 4) is 0 Å². The van der Waals surface area contributed by atoms with Gasteiger partial charge in [0, 0.05) is 44.4 Å². The molecule has 4 rings (SSSR count). The average molecular weight is 353 g/mol. The molecule has 26 heavy (non-hydrogen) atoms. The van der Waals surface area contributed by atoms with Crippen LogP contribution in [-0.2, 0) is 35.6 Å².